The fraction of sp³-hybridized carbons (Fsp3) is 1.00. The molecule has 0 heterocycles. The number of hydrogen-bond acceptors (Lipinski definition) is 3. The largest absolute Gasteiger partial charge is 0.329 e. The SMILES string of the molecule is CCCCCCC(CN)N(C)CCSC. The van der Waals surface area contributed by atoms with Gasteiger partial charge in [0.15, 0.2) is 0 Å². The van der Waals surface area contributed by atoms with Crippen LogP contribution in [0.1, 0.15) is 39.0 Å². The highest BCUT2D eigenvalue weighted by Crippen LogP contribution is 2.09. The van der Waals surface area contributed by atoms with Gasteiger partial charge in [-0.15, -0.1) is 0 Å². The molecule has 0 rings (SSSR count). The molecule has 1 atom stereocenters. The second kappa shape index (κ2) is 10.8. The topological polar surface area (TPSA) is 29.3 Å². The maximum Gasteiger partial charge on any atom is 0.0215 e. The first kappa shape index (κ1) is 15.3. The summed E-state index contributed by atoms with van der Waals surface area (Å²) in [6, 6.07) is 0.592. The van der Waals surface area contributed by atoms with Crippen LogP contribution in [0.25, 0.3) is 0 Å². The van der Waals surface area contributed by atoms with Crippen LogP contribution < -0.4 is 5.73 Å². The second-order valence-electron chi connectivity index (χ2n) is 4.21. The quantitative estimate of drug-likeness (QED) is 0.587. The highest BCUT2D eigenvalue weighted by atomic mass is 32.2. The molecule has 3 heteroatoms. The summed E-state index contributed by atoms with van der Waals surface area (Å²) in [7, 11) is 2.20. The van der Waals surface area contributed by atoms with Gasteiger partial charge in [-0.2, -0.15) is 11.8 Å². The fourth-order valence-corrected chi connectivity index (χ4v) is 2.21. The molecule has 0 saturated heterocycles. The van der Waals surface area contributed by atoms with Gasteiger partial charge >= 0.3 is 0 Å². The zero-order chi connectivity index (χ0) is 11.5. The van der Waals surface area contributed by atoms with Crippen LogP contribution in [0, 0.1) is 0 Å². The van der Waals surface area contributed by atoms with E-state index in [1.165, 1.54) is 37.9 Å². The highest BCUT2D eigenvalue weighted by molar-refractivity contribution is 7.98. The van der Waals surface area contributed by atoms with Crippen molar-refractivity contribution in [1.82, 2.24) is 4.90 Å². The molecule has 0 aromatic heterocycles. The molecule has 0 bridgehead atoms. The van der Waals surface area contributed by atoms with E-state index in [0.717, 1.165) is 13.1 Å². The number of likely N-dealkylation sites (N-methyl/N-ethyl adjacent to an activating group) is 1. The van der Waals surface area contributed by atoms with Crippen LogP contribution in [0.5, 0.6) is 0 Å². The Morgan fingerprint density at radius 1 is 1.27 bits per heavy atom. The molecule has 92 valence electrons. The van der Waals surface area contributed by atoms with E-state index in [4.69, 9.17) is 5.73 Å². The molecule has 0 amide bonds. The molecule has 1 unspecified atom stereocenters. The molecule has 0 aliphatic heterocycles. The predicted molar refractivity (Wildman–Crippen MR) is 72.6 cm³/mol. The van der Waals surface area contributed by atoms with Gasteiger partial charge in [0.1, 0.15) is 0 Å². The van der Waals surface area contributed by atoms with Gasteiger partial charge < -0.3 is 10.6 Å². The average Bonchev–Trinajstić information content (AvgIpc) is 2.26. The Morgan fingerprint density at radius 2 is 2.00 bits per heavy atom. The summed E-state index contributed by atoms with van der Waals surface area (Å²) in [6.07, 6.45) is 8.80. The van der Waals surface area contributed by atoms with E-state index in [0.29, 0.717) is 6.04 Å². The molecule has 0 fully saturated rings. The zero-order valence-corrected chi connectivity index (χ0v) is 11.5. The van der Waals surface area contributed by atoms with Crippen molar-refractivity contribution in [2.75, 3.05) is 32.1 Å². The molecule has 0 aromatic rings. The van der Waals surface area contributed by atoms with Gasteiger partial charge in [0.2, 0.25) is 0 Å². The Labute approximate surface area is 100.0 Å². The lowest BCUT2D eigenvalue weighted by molar-refractivity contribution is 0.243. The lowest BCUT2D eigenvalue weighted by Crippen LogP contribution is -2.39. The van der Waals surface area contributed by atoms with Gasteiger partial charge in [0.25, 0.3) is 0 Å². The van der Waals surface area contributed by atoms with E-state index in [2.05, 4.69) is 25.1 Å². The van der Waals surface area contributed by atoms with E-state index in [1.54, 1.807) is 0 Å². The van der Waals surface area contributed by atoms with Crippen LogP contribution in [0.2, 0.25) is 0 Å². The smallest absolute Gasteiger partial charge is 0.0215 e. The van der Waals surface area contributed by atoms with Gasteiger partial charge in [0.05, 0.1) is 0 Å². The first-order valence-corrected chi connectivity index (χ1v) is 7.54. The second-order valence-corrected chi connectivity index (χ2v) is 5.20. The molecule has 15 heavy (non-hydrogen) atoms. The summed E-state index contributed by atoms with van der Waals surface area (Å²) in [6.45, 7) is 4.22. The minimum atomic E-state index is 0.592. The standard InChI is InChI=1S/C12H28N2S/c1-4-5-6-7-8-12(11-13)14(2)9-10-15-3/h12H,4-11,13H2,1-3H3. The van der Waals surface area contributed by atoms with Crippen molar-refractivity contribution in [3.63, 3.8) is 0 Å². The third-order valence-corrected chi connectivity index (χ3v) is 3.53. The molecule has 0 aromatic carbocycles. The molecule has 2 nitrogen and oxygen atoms in total. The maximum absolute atomic E-state index is 5.81. The molecule has 0 saturated carbocycles. The van der Waals surface area contributed by atoms with E-state index in [-0.39, 0.29) is 0 Å². The molecular formula is C12H28N2S. The maximum atomic E-state index is 5.81. The zero-order valence-electron chi connectivity index (χ0n) is 10.7. The monoisotopic (exact) mass is 232 g/mol. The number of nitrogens with two attached hydrogens (primary N) is 1. The fourth-order valence-electron chi connectivity index (χ4n) is 1.74. The van der Waals surface area contributed by atoms with E-state index < -0.39 is 0 Å². The summed E-state index contributed by atoms with van der Waals surface area (Å²) in [5.74, 6) is 1.21. The average molecular weight is 232 g/mol. The molecule has 0 aliphatic rings. The minimum Gasteiger partial charge on any atom is -0.329 e. The molecule has 0 spiro atoms. The third-order valence-electron chi connectivity index (χ3n) is 2.93. The molecule has 2 N–H and O–H groups in total. The van der Waals surface area contributed by atoms with E-state index >= 15 is 0 Å². The predicted octanol–water partition coefficient (Wildman–Crippen LogP) is 2.58. The number of nitrogens with zero attached hydrogens (tertiary/aromatic N) is 1. The van der Waals surface area contributed by atoms with Crippen molar-refractivity contribution >= 4 is 11.8 Å². The Balaban J connectivity index is 3.60. The first-order chi connectivity index (χ1) is 7.26. The highest BCUT2D eigenvalue weighted by Gasteiger charge is 2.11. The van der Waals surface area contributed by atoms with Gasteiger partial charge in [0, 0.05) is 24.9 Å². The van der Waals surface area contributed by atoms with Crippen molar-refractivity contribution in [3.8, 4) is 0 Å². The molecule has 0 radical (unpaired) electrons. The van der Waals surface area contributed by atoms with Crippen molar-refractivity contribution in [2.24, 2.45) is 5.73 Å². The Kier molecular flexibility index (Phi) is 11.0. The summed E-state index contributed by atoms with van der Waals surface area (Å²) in [5.41, 5.74) is 5.81. The van der Waals surface area contributed by atoms with Crippen LogP contribution in [-0.4, -0.2) is 43.1 Å². The van der Waals surface area contributed by atoms with Crippen LogP contribution in [0.3, 0.4) is 0 Å². The lowest BCUT2D eigenvalue weighted by Gasteiger charge is -2.26. The Morgan fingerprint density at radius 3 is 2.53 bits per heavy atom. The van der Waals surface area contributed by atoms with Crippen molar-refractivity contribution in [2.45, 2.75) is 45.1 Å². The van der Waals surface area contributed by atoms with Gasteiger partial charge in [-0.05, 0) is 19.7 Å². The van der Waals surface area contributed by atoms with E-state index in [9.17, 15) is 0 Å². The Bertz CT molecular complexity index is 131. The Hall–Kier alpha value is 0.270. The van der Waals surface area contributed by atoms with Gasteiger partial charge in [-0.3, -0.25) is 0 Å². The van der Waals surface area contributed by atoms with Crippen LogP contribution in [-0.2, 0) is 0 Å². The summed E-state index contributed by atoms with van der Waals surface area (Å²) in [5, 5.41) is 0. The normalized spacial score (nSPS) is 13.4. The van der Waals surface area contributed by atoms with Crippen molar-refractivity contribution in [1.29, 1.82) is 0 Å². The van der Waals surface area contributed by atoms with E-state index in [1.807, 2.05) is 11.8 Å². The third kappa shape index (κ3) is 8.12. The lowest BCUT2D eigenvalue weighted by atomic mass is 10.1. The van der Waals surface area contributed by atoms with Gasteiger partial charge in [-0.1, -0.05) is 32.6 Å². The number of hydrogen-bond donors (Lipinski definition) is 1. The number of thioether (sulfide) groups is 1. The summed E-state index contributed by atoms with van der Waals surface area (Å²) >= 11 is 1.91. The van der Waals surface area contributed by atoms with Crippen LogP contribution in [0.15, 0.2) is 0 Å². The molecule has 0 aliphatic carbocycles. The number of unbranched alkanes of at least 4 members (excludes halogenated alkanes) is 3. The first-order valence-electron chi connectivity index (χ1n) is 6.15. The number of rotatable bonds is 10. The van der Waals surface area contributed by atoms with Gasteiger partial charge in [-0.25, -0.2) is 0 Å². The van der Waals surface area contributed by atoms with Crippen LogP contribution in [0.4, 0.5) is 0 Å². The molecular weight excluding hydrogens is 204 g/mol. The van der Waals surface area contributed by atoms with Crippen molar-refractivity contribution < 1.29 is 0 Å². The van der Waals surface area contributed by atoms with Crippen LogP contribution >= 0.6 is 11.8 Å². The van der Waals surface area contributed by atoms with Crippen molar-refractivity contribution in [3.05, 3.63) is 0 Å². The summed E-state index contributed by atoms with van der Waals surface area (Å²) in [4.78, 5) is 2.42. The summed E-state index contributed by atoms with van der Waals surface area (Å²) < 4.78 is 0. The minimum absolute atomic E-state index is 0.592.